The molecule has 0 amide bonds. The summed E-state index contributed by atoms with van der Waals surface area (Å²) >= 11 is 1.15. The van der Waals surface area contributed by atoms with E-state index in [1.807, 2.05) is 6.07 Å². The van der Waals surface area contributed by atoms with E-state index < -0.39 is 10.0 Å². The van der Waals surface area contributed by atoms with Gasteiger partial charge in [0.05, 0.1) is 9.43 Å². The highest BCUT2D eigenvalue weighted by atomic mass is 32.2. The van der Waals surface area contributed by atoms with Gasteiger partial charge in [-0.25, -0.2) is 8.42 Å². The van der Waals surface area contributed by atoms with Gasteiger partial charge in [-0.2, -0.15) is 0 Å². The molecule has 0 aliphatic carbocycles. The molecule has 138 valence electrons. The summed E-state index contributed by atoms with van der Waals surface area (Å²) in [5.74, 6) is 1.29. The molecule has 2 N–H and O–H groups in total. The van der Waals surface area contributed by atoms with E-state index >= 15 is 0 Å². The molecule has 0 unspecified atom stereocenters. The standard InChI is InChI=1S/C18H14N2O5S2/c21-18-16(9-12-6-7-14-15(8-12)25-11-24-14)26-17(20-18)10-19-27(22,23)13-4-2-1-3-5-13/h1-10,19H,11H2,(H,20,21)/b16-9-,17-10+. The van der Waals surface area contributed by atoms with Crippen LogP contribution in [-0.2, 0) is 10.0 Å². The zero-order chi connectivity index (χ0) is 18.9. The predicted molar refractivity (Wildman–Crippen MR) is 102 cm³/mol. The number of rotatable bonds is 4. The molecule has 7 nitrogen and oxygen atoms in total. The molecule has 0 atom stereocenters. The van der Waals surface area contributed by atoms with Crippen LogP contribution >= 0.6 is 11.3 Å². The van der Waals surface area contributed by atoms with E-state index in [9.17, 15) is 13.2 Å². The second-order valence-electron chi connectivity index (χ2n) is 5.62. The summed E-state index contributed by atoms with van der Waals surface area (Å²) < 4.78 is 38.3. The highest BCUT2D eigenvalue weighted by molar-refractivity contribution is 7.89. The number of thiazole rings is 1. The summed E-state index contributed by atoms with van der Waals surface area (Å²) in [5.41, 5.74) is 0.478. The smallest absolute Gasteiger partial charge is 0.266 e. The number of ether oxygens (including phenoxy) is 2. The molecule has 2 aromatic carbocycles. The first-order valence-electron chi connectivity index (χ1n) is 7.89. The van der Waals surface area contributed by atoms with Gasteiger partial charge < -0.3 is 14.5 Å². The first-order valence-corrected chi connectivity index (χ1v) is 10.2. The lowest BCUT2D eigenvalue weighted by atomic mass is 10.2. The van der Waals surface area contributed by atoms with Gasteiger partial charge in [0.25, 0.3) is 15.6 Å². The van der Waals surface area contributed by atoms with E-state index in [2.05, 4.69) is 9.71 Å². The Morgan fingerprint density at radius 1 is 1.07 bits per heavy atom. The molecule has 1 aromatic heterocycles. The molecule has 3 aromatic rings. The van der Waals surface area contributed by atoms with Crippen molar-refractivity contribution in [2.45, 2.75) is 4.90 Å². The van der Waals surface area contributed by atoms with Crippen LogP contribution < -0.4 is 29.0 Å². The van der Waals surface area contributed by atoms with Gasteiger partial charge in [0.15, 0.2) is 11.5 Å². The number of H-pyrrole nitrogens is 1. The van der Waals surface area contributed by atoms with Gasteiger partial charge in [-0.3, -0.25) is 9.52 Å². The maximum absolute atomic E-state index is 12.2. The van der Waals surface area contributed by atoms with E-state index in [0.717, 1.165) is 16.9 Å². The second-order valence-corrected chi connectivity index (χ2v) is 8.42. The van der Waals surface area contributed by atoms with Crippen LogP contribution in [0.25, 0.3) is 12.3 Å². The molecule has 0 radical (unpaired) electrons. The molecule has 2 heterocycles. The maximum atomic E-state index is 12.2. The quantitative estimate of drug-likeness (QED) is 0.670. The summed E-state index contributed by atoms with van der Waals surface area (Å²) in [7, 11) is -3.69. The summed E-state index contributed by atoms with van der Waals surface area (Å²) in [6, 6.07) is 13.4. The monoisotopic (exact) mass is 402 g/mol. The fourth-order valence-electron chi connectivity index (χ4n) is 2.48. The molecule has 0 bridgehead atoms. The highest BCUT2D eigenvalue weighted by Gasteiger charge is 2.13. The fraction of sp³-hybridized carbons (Fsp3) is 0.0556. The van der Waals surface area contributed by atoms with Crippen molar-refractivity contribution in [2.24, 2.45) is 0 Å². The number of hydrogen-bond donors (Lipinski definition) is 2. The Morgan fingerprint density at radius 3 is 2.67 bits per heavy atom. The van der Waals surface area contributed by atoms with Crippen LogP contribution in [-0.4, -0.2) is 20.2 Å². The molecule has 27 heavy (non-hydrogen) atoms. The number of aromatic nitrogens is 1. The van der Waals surface area contributed by atoms with Crippen molar-refractivity contribution >= 4 is 33.6 Å². The summed E-state index contributed by atoms with van der Waals surface area (Å²) in [6.07, 6.45) is 2.97. The van der Waals surface area contributed by atoms with Crippen molar-refractivity contribution in [3.05, 3.63) is 73.6 Å². The van der Waals surface area contributed by atoms with Crippen LogP contribution in [0.5, 0.6) is 11.5 Å². The third-order valence-corrected chi connectivity index (χ3v) is 6.06. The fourth-order valence-corrected chi connectivity index (χ4v) is 4.31. The zero-order valence-electron chi connectivity index (χ0n) is 13.8. The molecule has 4 rings (SSSR count). The largest absolute Gasteiger partial charge is 0.454 e. The Balaban J connectivity index is 1.64. The number of hydrogen-bond acceptors (Lipinski definition) is 6. The number of sulfonamides is 1. The molecule has 0 saturated heterocycles. The first-order chi connectivity index (χ1) is 13.0. The molecule has 1 aliphatic rings. The minimum absolute atomic E-state index is 0.146. The van der Waals surface area contributed by atoms with Gasteiger partial charge in [-0.05, 0) is 35.9 Å². The van der Waals surface area contributed by atoms with Gasteiger partial charge in [-0.15, -0.1) is 11.3 Å². The number of aromatic amines is 1. The Hall–Kier alpha value is -3.04. The molecular formula is C18H14N2O5S2. The van der Waals surface area contributed by atoms with Crippen LogP contribution in [0.2, 0.25) is 0 Å². The van der Waals surface area contributed by atoms with Crippen LogP contribution in [0, 0.1) is 0 Å². The molecule has 9 heteroatoms. The molecule has 0 saturated carbocycles. The normalized spacial score (nSPS) is 14.5. The second kappa shape index (κ2) is 6.93. The minimum Gasteiger partial charge on any atom is -0.454 e. The van der Waals surface area contributed by atoms with Gasteiger partial charge in [-0.1, -0.05) is 24.3 Å². The third kappa shape index (κ3) is 3.74. The molecular weight excluding hydrogens is 388 g/mol. The Morgan fingerprint density at radius 2 is 1.85 bits per heavy atom. The molecule has 0 fully saturated rings. The predicted octanol–water partition coefficient (Wildman–Crippen LogP) is 0.710. The topological polar surface area (TPSA) is 97.5 Å². The number of fused-ring (bicyclic) bond motifs is 1. The van der Waals surface area contributed by atoms with Gasteiger partial charge in [0.2, 0.25) is 6.79 Å². The first kappa shape index (κ1) is 17.4. The van der Waals surface area contributed by atoms with E-state index in [1.54, 1.807) is 36.4 Å². The van der Waals surface area contributed by atoms with Crippen molar-refractivity contribution in [1.82, 2.24) is 9.71 Å². The van der Waals surface area contributed by atoms with E-state index in [-0.39, 0.29) is 17.2 Å². The van der Waals surface area contributed by atoms with Crippen LogP contribution in [0.4, 0.5) is 0 Å². The van der Waals surface area contributed by atoms with E-state index in [0.29, 0.717) is 20.7 Å². The average molecular weight is 402 g/mol. The van der Waals surface area contributed by atoms with Crippen molar-refractivity contribution in [1.29, 1.82) is 0 Å². The van der Waals surface area contributed by atoms with Crippen molar-refractivity contribution in [2.75, 3.05) is 6.79 Å². The zero-order valence-corrected chi connectivity index (χ0v) is 15.5. The van der Waals surface area contributed by atoms with Crippen molar-refractivity contribution < 1.29 is 17.9 Å². The number of nitrogens with one attached hydrogen (secondary N) is 2. The summed E-state index contributed by atoms with van der Waals surface area (Å²) in [5, 5.41) is 0. The molecule has 0 spiro atoms. The van der Waals surface area contributed by atoms with Crippen LogP contribution in [0.1, 0.15) is 5.56 Å². The van der Waals surface area contributed by atoms with E-state index in [1.165, 1.54) is 18.3 Å². The Labute approximate surface area is 158 Å². The van der Waals surface area contributed by atoms with Crippen LogP contribution in [0.15, 0.2) is 58.2 Å². The van der Waals surface area contributed by atoms with Crippen molar-refractivity contribution in [3.63, 3.8) is 0 Å². The third-order valence-electron chi connectivity index (χ3n) is 3.77. The lowest BCUT2D eigenvalue weighted by Crippen LogP contribution is -2.22. The van der Waals surface area contributed by atoms with Crippen molar-refractivity contribution in [3.8, 4) is 11.5 Å². The Bertz CT molecular complexity index is 1260. The summed E-state index contributed by atoms with van der Waals surface area (Å²) in [4.78, 5) is 14.9. The summed E-state index contributed by atoms with van der Waals surface area (Å²) in [6.45, 7) is 0.180. The molecule has 1 aliphatic heterocycles. The van der Waals surface area contributed by atoms with E-state index in [4.69, 9.17) is 9.47 Å². The average Bonchev–Trinajstić information content (AvgIpc) is 3.27. The van der Waals surface area contributed by atoms with Gasteiger partial charge >= 0.3 is 0 Å². The van der Waals surface area contributed by atoms with Crippen LogP contribution in [0.3, 0.4) is 0 Å². The number of benzene rings is 2. The lowest BCUT2D eigenvalue weighted by Gasteiger charge is -2.02. The minimum atomic E-state index is -3.69. The maximum Gasteiger partial charge on any atom is 0.266 e. The SMILES string of the molecule is O=c1[nH]/c(=C\NS(=O)(=O)c2ccccc2)s/c1=C\c1ccc2c(c1)OCO2. The van der Waals surface area contributed by atoms with Gasteiger partial charge in [0, 0.05) is 6.20 Å². The highest BCUT2D eigenvalue weighted by Crippen LogP contribution is 2.32. The lowest BCUT2D eigenvalue weighted by molar-refractivity contribution is 0.174. The Kier molecular flexibility index (Phi) is 4.46. The van der Waals surface area contributed by atoms with Gasteiger partial charge in [0.1, 0.15) is 4.66 Å².